The number of benzene rings is 2. The average Bonchev–Trinajstić information content (AvgIpc) is 2.55. The fourth-order valence-corrected chi connectivity index (χ4v) is 3.88. The standard InChI is InChI=1S/C18H19ClN2O3S/c1-25(23,24)21-13-9-10-16(19)15(11-13)18(22)20-17-8-4-6-12-5-2-3-7-14(12)17/h2-3,5,7,9-11,17,21H,4,6,8H2,1H3,(H,20,22)/t17-/m1/s1. The van der Waals surface area contributed by atoms with Crippen LogP contribution in [0, 0.1) is 0 Å². The minimum Gasteiger partial charge on any atom is -0.345 e. The molecule has 0 bridgehead atoms. The molecule has 5 nitrogen and oxygen atoms in total. The van der Waals surface area contributed by atoms with E-state index in [1.165, 1.54) is 23.8 Å². The highest BCUT2D eigenvalue weighted by Gasteiger charge is 2.23. The van der Waals surface area contributed by atoms with E-state index in [2.05, 4.69) is 16.1 Å². The van der Waals surface area contributed by atoms with Crippen LogP contribution in [0.5, 0.6) is 0 Å². The molecule has 1 aliphatic rings. The van der Waals surface area contributed by atoms with Gasteiger partial charge in [-0.05, 0) is 48.6 Å². The lowest BCUT2D eigenvalue weighted by Crippen LogP contribution is -2.31. The number of hydrogen-bond acceptors (Lipinski definition) is 3. The van der Waals surface area contributed by atoms with E-state index in [0.717, 1.165) is 31.1 Å². The fraction of sp³-hybridized carbons (Fsp3) is 0.278. The minimum atomic E-state index is -3.42. The summed E-state index contributed by atoms with van der Waals surface area (Å²) in [6.45, 7) is 0. The van der Waals surface area contributed by atoms with Crippen LogP contribution in [0.2, 0.25) is 5.02 Å². The predicted molar refractivity (Wildman–Crippen MR) is 99.5 cm³/mol. The van der Waals surface area contributed by atoms with Gasteiger partial charge >= 0.3 is 0 Å². The van der Waals surface area contributed by atoms with Crippen LogP contribution in [0.15, 0.2) is 42.5 Å². The van der Waals surface area contributed by atoms with Gasteiger partial charge in [0.05, 0.1) is 22.9 Å². The fourth-order valence-electron chi connectivity index (χ4n) is 3.12. The van der Waals surface area contributed by atoms with Crippen LogP contribution in [0.3, 0.4) is 0 Å². The quantitative estimate of drug-likeness (QED) is 0.854. The summed E-state index contributed by atoms with van der Waals surface area (Å²) in [6, 6.07) is 12.5. The number of anilines is 1. The Hall–Kier alpha value is -2.05. The van der Waals surface area contributed by atoms with E-state index in [0.29, 0.717) is 5.69 Å². The average molecular weight is 379 g/mol. The highest BCUT2D eigenvalue weighted by Crippen LogP contribution is 2.30. The van der Waals surface area contributed by atoms with E-state index < -0.39 is 10.0 Å². The molecule has 0 spiro atoms. The molecule has 7 heteroatoms. The van der Waals surface area contributed by atoms with Crippen molar-refractivity contribution < 1.29 is 13.2 Å². The van der Waals surface area contributed by atoms with Crippen molar-refractivity contribution in [3.05, 3.63) is 64.2 Å². The molecule has 2 aromatic carbocycles. The Morgan fingerprint density at radius 3 is 2.72 bits per heavy atom. The summed E-state index contributed by atoms with van der Waals surface area (Å²) in [5, 5.41) is 3.30. The molecule has 25 heavy (non-hydrogen) atoms. The maximum absolute atomic E-state index is 12.7. The molecule has 0 saturated carbocycles. The minimum absolute atomic E-state index is 0.0694. The van der Waals surface area contributed by atoms with Crippen LogP contribution in [-0.4, -0.2) is 20.6 Å². The third kappa shape index (κ3) is 4.32. The summed E-state index contributed by atoms with van der Waals surface area (Å²) < 4.78 is 25.1. The molecule has 1 amide bonds. The van der Waals surface area contributed by atoms with Crippen molar-refractivity contribution in [1.82, 2.24) is 5.32 Å². The van der Waals surface area contributed by atoms with Gasteiger partial charge in [-0.15, -0.1) is 0 Å². The van der Waals surface area contributed by atoms with Gasteiger partial charge in [-0.25, -0.2) is 8.42 Å². The number of aryl methyl sites for hydroxylation is 1. The van der Waals surface area contributed by atoms with E-state index in [9.17, 15) is 13.2 Å². The van der Waals surface area contributed by atoms with Crippen molar-refractivity contribution in [3.63, 3.8) is 0 Å². The van der Waals surface area contributed by atoms with Gasteiger partial charge < -0.3 is 5.32 Å². The highest BCUT2D eigenvalue weighted by atomic mass is 35.5. The zero-order valence-electron chi connectivity index (χ0n) is 13.8. The first kappa shape index (κ1) is 17.8. The summed E-state index contributed by atoms with van der Waals surface area (Å²) in [5.41, 5.74) is 2.93. The van der Waals surface area contributed by atoms with E-state index in [1.54, 1.807) is 0 Å². The van der Waals surface area contributed by atoms with Gasteiger partial charge in [0.1, 0.15) is 0 Å². The normalized spacial score (nSPS) is 16.8. The zero-order chi connectivity index (χ0) is 18.0. The molecule has 0 aliphatic heterocycles. The van der Waals surface area contributed by atoms with Crippen LogP contribution in [0.1, 0.15) is 40.4 Å². The molecule has 0 unspecified atom stereocenters. The Morgan fingerprint density at radius 2 is 1.96 bits per heavy atom. The first-order valence-electron chi connectivity index (χ1n) is 7.99. The first-order valence-corrected chi connectivity index (χ1v) is 10.3. The van der Waals surface area contributed by atoms with Crippen molar-refractivity contribution in [2.24, 2.45) is 0 Å². The van der Waals surface area contributed by atoms with Gasteiger partial charge in [-0.1, -0.05) is 35.9 Å². The summed E-state index contributed by atoms with van der Waals surface area (Å²) in [7, 11) is -3.42. The third-order valence-electron chi connectivity index (χ3n) is 4.19. The number of nitrogens with one attached hydrogen (secondary N) is 2. The molecule has 1 aliphatic carbocycles. The lowest BCUT2D eigenvalue weighted by Gasteiger charge is -2.26. The van der Waals surface area contributed by atoms with E-state index in [-0.39, 0.29) is 22.5 Å². The number of amides is 1. The van der Waals surface area contributed by atoms with Gasteiger partial charge in [-0.2, -0.15) is 0 Å². The van der Waals surface area contributed by atoms with Crippen molar-refractivity contribution in [1.29, 1.82) is 0 Å². The van der Waals surface area contributed by atoms with Gasteiger partial charge in [0.15, 0.2) is 0 Å². The SMILES string of the molecule is CS(=O)(=O)Nc1ccc(Cl)c(C(=O)N[C@@H]2CCCc3ccccc32)c1. The smallest absolute Gasteiger partial charge is 0.253 e. The van der Waals surface area contributed by atoms with E-state index in [4.69, 9.17) is 11.6 Å². The zero-order valence-corrected chi connectivity index (χ0v) is 15.3. The number of rotatable bonds is 4. The van der Waals surface area contributed by atoms with Crippen LogP contribution in [0.25, 0.3) is 0 Å². The second-order valence-corrected chi connectivity index (χ2v) is 8.34. The Labute approximate surface area is 152 Å². The second-order valence-electron chi connectivity index (χ2n) is 6.19. The van der Waals surface area contributed by atoms with Gasteiger partial charge in [0.2, 0.25) is 10.0 Å². The molecule has 2 aromatic rings. The monoisotopic (exact) mass is 378 g/mol. The van der Waals surface area contributed by atoms with Gasteiger partial charge in [0, 0.05) is 5.69 Å². The van der Waals surface area contributed by atoms with Crippen molar-refractivity contribution in [2.45, 2.75) is 25.3 Å². The van der Waals surface area contributed by atoms with Crippen LogP contribution >= 0.6 is 11.6 Å². The lowest BCUT2D eigenvalue weighted by atomic mass is 9.87. The molecule has 1 atom stereocenters. The Bertz CT molecular complexity index is 912. The Kier molecular flexibility index (Phi) is 5.01. The molecule has 0 heterocycles. The van der Waals surface area contributed by atoms with Crippen molar-refractivity contribution in [2.75, 3.05) is 11.0 Å². The van der Waals surface area contributed by atoms with Crippen molar-refractivity contribution >= 4 is 33.2 Å². The van der Waals surface area contributed by atoms with E-state index >= 15 is 0 Å². The number of sulfonamides is 1. The maximum atomic E-state index is 12.7. The molecular weight excluding hydrogens is 360 g/mol. The predicted octanol–water partition coefficient (Wildman–Crippen LogP) is 3.52. The molecule has 2 N–H and O–H groups in total. The lowest BCUT2D eigenvalue weighted by molar-refractivity contribution is 0.0933. The Balaban J connectivity index is 1.84. The Morgan fingerprint density at radius 1 is 1.20 bits per heavy atom. The second kappa shape index (κ2) is 7.06. The van der Waals surface area contributed by atoms with Crippen LogP contribution < -0.4 is 10.0 Å². The largest absolute Gasteiger partial charge is 0.345 e. The molecule has 0 aromatic heterocycles. The van der Waals surface area contributed by atoms with Crippen LogP contribution in [-0.2, 0) is 16.4 Å². The number of fused-ring (bicyclic) bond motifs is 1. The molecule has 132 valence electrons. The molecule has 0 fully saturated rings. The third-order valence-corrected chi connectivity index (χ3v) is 5.13. The number of carbonyl (C=O) groups excluding carboxylic acids is 1. The molecule has 0 saturated heterocycles. The number of carbonyl (C=O) groups is 1. The maximum Gasteiger partial charge on any atom is 0.253 e. The van der Waals surface area contributed by atoms with Gasteiger partial charge in [-0.3, -0.25) is 9.52 Å². The first-order chi connectivity index (χ1) is 11.8. The number of halogens is 1. The van der Waals surface area contributed by atoms with Crippen molar-refractivity contribution in [3.8, 4) is 0 Å². The molecule has 0 radical (unpaired) electrons. The molecular formula is C18H19ClN2O3S. The number of hydrogen-bond donors (Lipinski definition) is 2. The van der Waals surface area contributed by atoms with E-state index in [1.807, 2.05) is 18.2 Å². The molecule has 3 rings (SSSR count). The highest BCUT2D eigenvalue weighted by molar-refractivity contribution is 7.92. The summed E-state index contributed by atoms with van der Waals surface area (Å²) in [6.07, 6.45) is 3.93. The summed E-state index contributed by atoms with van der Waals surface area (Å²) >= 11 is 6.14. The summed E-state index contributed by atoms with van der Waals surface area (Å²) in [4.78, 5) is 12.7. The van der Waals surface area contributed by atoms with Crippen LogP contribution in [0.4, 0.5) is 5.69 Å². The van der Waals surface area contributed by atoms with Gasteiger partial charge in [0.25, 0.3) is 5.91 Å². The topological polar surface area (TPSA) is 75.3 Å². The summed E-state index contributed by atoms with van der Waals surface area (Å²) in [5.74, 6) is -0.316.